The molecule has 2 unspecified atom stereocenters. The topological polar surface area (TPSA) is 108 Å². The van der Waals surface area contributed by atoms with Crippen molar-refractivity contribution in [2.24, 2.45) is 5.73 Å². The molecular formula is C10H17N3O4S. The van der Waals surface area contributed by atoms with Crippen molar-refractivity contribution in [1.82, 2.24) is 10.1 Å². The van der Waals surface area contributed by atoms with Gasteiger partial charge in [0.1, 0.15) is 0 Å². The average molecular weight is 275 g/mol. The monoisotopic (exact) mass is 275 g/mol. The van der Waals surface area contributed by atoms with Crippen LogP contribution in [0.25, 0.3) is 0 Å². The van der Waals surface area contributed by atoms with Gasteiger partial charge in [-0.3, -0.25) is 0 Å². The summed E-state index contributed by atoms with van der Waals surface area (Å²) >= 11 is 0. The maximum atomic E-state index is 11.4. The Morgan fingerprint density at radius 1 is 1.61 bits per heavy atom. The minimum atomic E-state index is -2.94. The van der Waals surface area contributed by atoms with E-state index >= 15 is 0 Å². The van der Waals surface area contributed by atoms with Crippen molar-refractivity contribution in [1.29, 1.82) is 0 Å². The summed E-state index contributed by atoms with van der Waals surface area (Å²) in [6.45, 7) is 0.511. The Hall–Kier alpha value is -0.990. The van der Waals surface area contributed by atoms with Crippen LogP contribution in [-0.4, -0.2) is 43.8 Å². The van der Waals surface area contributed by atoms with Gasteiger partial charge in [-0.2, -0.15) is 4.98 Å². The maximum Gasteiger partial charge on any atom is 0.243 e. The number of methoxy groups -OCH3 is 1. The predicted octanol–water partition coefficient (Wildman–Crippen LogP) is 0.00800. The standard InChI is InChI=1S/C10H17N3O4S/c1-16-4-2-8(11)10-12-9(13-17-10)7-3-5-18(14,15)6-7/h7-8H,2-6,11H2,1H3. The van der Waals surface area contributed by atoms with E-state index in [0.717, 1.165) is 0 Å². The number of nitrogens with two attached hydrogens (primary N) is 1. The fourth-order valence-electron chi connectivity index (χ4n) is 1.93. The summed E-state index contributed by atoms with van der Waals surface area (Å²) in [5.74, 6) is 0.906. The quantitative estimate of drug-likeness (QED) is 0.806. The number of aromatic nitrogens is 2. The Bertz CT molecular complexity index is 499. The third-order valence-corrected chi connectivity index (χ3v) is 4.77. The Morgan fingerprint density at radius 2 is 2.39 bits per heavy atom. The predicted molar refractivity (Wildman–Crippen MR) is 63.7 cm³/mol. The van der Waals surface area contributed by atoms with Gasteiger partial charge in [-0.25, -0.2) is 8.42 Å². The Kier molecular flexibility index (Phi) is 3.98. The smallest absolute Gasteiger partial charge is 0.243 e. The molecule has 2 atom stereocenters. The molecule has 0 bridgehead atoms. The van der Waals surface area contributed by atoms with Crippen LogP contribution in [0, 0.1) is 0 Å². The second-order valence-electron chi connectivity index (χ2n) is 4.48. The number of nitrogens with zero attached hydrogens (tertiary/aromatic N) is 2. The highest BCUT2D eigenvalue weighted by Crippen LogP contribution is 2.27. The van der Waals surface area contributed by atoms with Crippen LogP contribution in [0.5, 0.6) is 0 Å². The van der Waals surface area contributed by atoms with Crippen LogP contribution >= 0.6 is 0 Å². The highest BCUT2D eigenvalue weighted by atomic mass is 32.2. The van der Waals surface area contributed by atoms with Gasteiger partial charge >= 0.3 is 0 Å². The van der Waals surface area contributed by atoms with Crippen molar-refractivity contribution in [3.63, 3.8) is 0 Å². The summed E-state index contributed by atoms with van der Waals surface area (Å²) in [6.07, 6.45) is 1.13. The molecule has 0 spiro atoms. The van der Waals surface area contributed by atoms with Crippen LogP contribution in [0.1, 0.15) is 36.5 Å². The molecule has 1 saturated heterocycles. The first-order chi connectivity index (χ1) is 8.52. The van der Waals surface area contributed by atoms with Crippen LogP contribution < -0.4 is 5.73 Å². The van der Waals surface area contributed by atoms with E-state index in [9.17, 15) is 8.42 Å². The van der Waals surface area contributed by atoms with Crippen molar-refractivity contribution in [2.45, 2.75) is 24.8 Å². The van der Waals surface area contributed by atoms with Crippen molar-refractivity contribution >= 4 is 9.84 Å². The molecule has 0 aromatic carbocycles. The SMILES string of the molecule is COCCC(N)c1nc(C2CCS(=O)(=O)C2)no1. The van der Waals surface area contributed by atoms with Crippen LogP contribution in [-0.2, 0) is 14.6 Å². The van der Waals surface area contributed by atoms with Crippen LogP contribution in [0.15, 0.2) is 4.52 Å². The van der Waals surface area contributed by atoms with Crippen molar-refractivity contribution in [2.75, 3.05) is 25.2 Å². The van der Waals surface area contributed by atoms with Crippen molar-refractivity contribution in [3.05, 3.63) is 11.7 Å². The lowest BCUT2D eigenvalue weighted by molar-refractivity contribution is 0.182. The van der Waals surface area contributed by atoms with Gasteiger partial charge in [0.2, 0.25) is 5.89 Å². The fraction of sp³-hybridized carbons (Fsp3) is 0.800. The highest BCUT2D eigenvalue weighted by molar-refractivity contribution is 7.91. The molecule has 102 valence electrons. The Labute approximate surface area is 106 Å². The van der Waals surface area contributed by atoms with Gasteiger partial charge in [-0.15, -0.1) is 0 Å². The molecular weight excluding hydrogens is 258 g/mol. The normalized spacial score (nSPS) is 24.2. The summed E-state index contributed by atoms with van der Waals surface area (Å²) in [5.41, 5.74) is 5.85. The lowest BCUT2D eigenvalue weighted by atomic mass is 10.1. The molecule has 2 heterocycles. The number of ether oxygens (including phenoxy) is 1. The minimum Gasteiger partial charge on any atom is -0.385 e. The van der Waals surface area contributed by atoms with Crippen LogP contribution in [0.4, 0.5) is 0 Å². The van der Waals surface area contributed by atoms with Gasteiger partial charge < -0.3 is 15.0 Å². The van der Waals surface area contributed by atoms with E-state index in [1.807, 2.05) is 0 Å². The van der Waals surface area contributed by atoms with Crippen molar-refractivity contribution < 1.29 is 17.7 Å². The molecule has 7 nitrogen and oxygen atoms in total. The maximum absolute atomic E-state index is 11.4. The van der Waals surface area contributed by atoms with Crippen LogP contribution in [0.2, 0.25) is 0 Å². The molecule has 1 aromatic rings. The summed E-state index contributed by atoms with van der Waals surface area (Å²) in [5, 5.41) is 3.82. The van der Waals surface area contributed by atoms with Gasteiger partial charge in [0.25, 0.3) is 0 Å². The van der Waals surface area contributed by atoms with Gasteiger partial charge in [-0.1, -0.05) is 5.16 Å². The molecule has 0 amide bonds. The van der Waals surface area contributed by atoms with E-state index in [2.05, 4.69) is 10.1 Å². The first-order valence-corrected chi connectivity index (χ1v) is 7.62. The lowest BCUT2D eigenvalue weighted by Gasteiger charge is -2.04. The van der Waals surface area contributed by atoms with Gasteiger partial charge in [0.05, 0.1) is 17.5 Å². The first kappa shape index (κ1) is 13.4. The number of hydrogen-bond acceptors (Lipinski definition) is 7. The zero-order valence-corrected chi connectivity index (χ0v) is 11.0. The average Bonchev–Trinajstić information content (AvgIpc) is 2.92. The van der Waals surface area contributed by atoms with E-state index < -0.39 is 9.84 Å². The summed E-state index contributed by atoms with van der Waals surface area (Å²) in [7, 11) is -1.35. The summed E-state index contributed by atoms with van der Waals surface area (Å²) < 4.78 is 32.7. The summed E-state index contributed by atoms with van der Waals surface area (Å²) in [6, 6.07) is -0.371. The first-order valence-electron chi connectivity index (χ1n) is 5.80. The van der Waals surface area contributed by atoms with Gasteiger partial charge in [0.15, 0.2) is 15.7 Å². The van der Waals surface area contributed by atoms with E-state index in [0.29, 0.717) is 31.2 Å². The molecule has 8 heteroatoms. The molecule has 2 N–H and O–H groups in total. The largest absolute Gasteiger partial charge is 0.385 e. The molecule has 1 aromatic heterocycles. The Morgan fingerprint density at radius 3 is 3.00 bits per heavy atom. The number of hydrogen-bond donors (Lipinski definition) is 1. The summed E-state index contributed by atoms with van der Waals surface area (Å²) in [4.78, 5) is 4.19. The second-order valence-corrected chi connectivity index (χ2v) is 6.71. The molecule has 1 fully saturated rings. The molecule has 1 aliphatic rings. The van der Waals surface area contributed by atoms with E-state index in [4.69, 9.17) is 15.0 Å². The number of sulfone groups is 1. The second kappa shape index (κ2) is 5.33. The van der Waals surface area contributed by atoms with E-state index in [-0.39, 0.29) is 23.5 Å². The van der Waals surface area contributed by atoms with Gasteiger partial charge in [-0.05, 0) is 12.8 Å². The van der Waals surface area contributed by atoms with E-state index in [1.165, 1.54) is 0 Å². The minimum absolute atomic E-state index is 0.0965. The molecule has 1 aliphatic heterocycles. The zero-order valence-electron chi connectivity index (χ0n) is 10.2. The van der Waals surface area contributed by atoms with Crippen LogP contribution in [0.3, 0.4) is 0 Å². The molecule has 18 heavy (non-hydrogen) atoms. The van der Waals surface area contributed by atoms with E-state index in [1.54, 1.807) is 7.11 Å². The van der Waals surface area contributed by atoms with Crippen molar-refractivity contribution in [3.8, 4) is 0 Å². The highest BCUT2D eigenvalue weighted by Gasteiger charge is 2.32. The Balaban J connectivity index is 2.02. The molecule has 0 radical (unpaired) electrons. The molecule has 0 saturated carbocycles. The molecule has 0 aliphatic carbocycles. The number of rotatable bonds is 5. The lowest BCUT2D eigenvalue weighted by Crippen LogP contribution is -2.13. The third-order valence-electron chi connectivity index (χ3n) is 3.01. The fourth-order valence-corrected chi connectivity index (χ4v) is 3.67. The third kappa shape index (κ3) is 3.06. The van der Waals surface area contributed by atoms with Gasteiger partial charge in [0, 0.05) is 19.6 Å². The zero-order chi connectivity index (χ0) is 13.2. The molecule has 2 rings (SSSR count).